The number of hydrogen-bond acceptors (Lipinski definition) is 1. The Hall–Kier alpha value is -1.31. The Bertz CT molecular complexity index is 318. The molecule has 0 aliphatic heterocycles. The van der Waals surface area contributed by atoms with Crippen LogP contribution in [0.15, 0.2) is 18.2 Å². The van der Waals surface area contributed by atoms with Gasteiger partial charge in [-0.1, -0.05) is 19.1 Å². The molecule has 69 valence electrons. The maximum absolute atomic E-state index is 11.1. The summed E-state index contributed by atoms with van der Waals surface area (Å²) in [6.45, 7) is 7.70. The molecule has 1 aromatic carbocycles. The molecule has 0 spiro atoms. The summed E-state index contributed by atoms with van der Waals surface area (Å²) >= 11 is 0. The Labute approximate surface area is 79.0 Å². The van der Waals surface area contributed by atoms with Gasteiger partial charge < -0.3 is 5.32 Å². The van der Waals surface area contributed by atoms with Crippen LogP contribution in [-0.2, 0) is 4.79 Å². The van der Waals surface area contributed by atoms with Gasteiger partial charge in [0.2, 0.25) is 5.91 Å². The second-order valence-corrected chi connectivity index (χ2v) is 3.00. The van der Waals surface area contributed by atoms with Crippen LogP contribution < -0.4 is 5.32 Å². The summed E-state index contributed by atoms with van der Waals surface area (Å²) in [4.78, 5) is 11.1. The molecule has 0 fully saturated rings. The van der Waals surface area contributed by atoms with Gasteiger partial charge in [0.1, 0.15) is 0 Å². The zero-order valence-corrected chi connectivity index (χ0v) is 8.05. The second-order valence-electron chi connectivity index (χ2n) is 3.00. The topological polar surface area (TPSA) is 29.1 Å². The molecule has 2 heteroatoms. The minimum absolute atomic E-state index is 0.0236. The molecule has 2 nitrogen and oxygen atoms in total. The highest BCUT2D eigenvalue weighted by atomic mass is 16.1. The van der Waals surface area contributed by atoms with Crippen molar-refractivity contribution in [3.05, 3.63) is 36.2 Å². The van der Waals surface area contributed by atoms with Gasteiger partial charge in [-0.05, 0) is 31.0 Å². The number of benzene rings is 1. The molecule has 0 bridgehead atoms. The predicted octanol–water partition coefficient (Wildman–Crippen LogP) is 2.53. The van der Waals surface area contributed by atoms with E-state index in [4.69, 9.17) is 0 Å². The van der Waals surface area contributed by atoms with Crippen LogP contribution in [0.5, 0.6) is 0 Å². The third-order valence-corrected chi connectivity index (χ3v) is 2.01. The smallest absolute Gasteiger partial charge is 0.224 e. The lowest BCUT2D eigenvalue weighted by molar-refractivity contribution is -0.115. The molecule has 1 rings (SSSR count). The summed E-state index contributed by atoms with van der Waals surface area (Å²) in [5.41, 5.74) is 2.80. The molecule has 0 atom stereocenters. The number of aryl methyl sites for hydroxylation is 1. The van der Waals surface area contributed by atoms with Gasteiger partial charge >= 0.3 is 0 Å². The average Bonchev–Trinajstić information content (AvgIpc) is 2.13. The Morgan fingerprint density at radius 2 is 2.23 bits per heavy atom. The van der Waals surface area contributed by atoms with E-state index < -0.39 is 0 Å². The molecule has 1 amide bonds. The van der Waals surface area contributed by atoms with Crippen molar-refractivity contribution < 1.29 is 4.79 Å². The standard InChI is InChI=1S/C11H14NO/c1-4-11(13)12-10-7-5-6-8(2)9(10)3/h5-7H,3-4H2,1-2H3,(H,12,13). The van der Waals surface area contributed by atoms with Crippen LogP contribution in [-0.4, -0.2) is 5.91 Å². The molecule has 1 radical (unpaired) electrons. The number of rotatable bonds is 2. The van der Waals surface area contributed by atoms with E-state index in [9.17, 15) is 4.79 Å². The molecular formula is C11H14NO. The van der Waals surface area contributed by atoms with Gasteiger partial charge in [-0.2, -0.15) is 0 Å². The maximum atomic E-state index is 11.1. The summed E-state index contributed by atoms with van der Waals surface area (Å²) in [5.74, 6) is 0.0236. The highest BCUT2D eigenvalue weighted by Gasteiger charge is 2.02. The summed E-state index contributed by atoms with van der Waals surface area (Å²) < 4.78 is 0. The number of anilines is 1. The summed E-state index contributed by atoms with van der Waals surface area (Å²) in [7, 11) is 0. The van der Waals surface area contributed by atoms with E-state index in [2.05, 4.69) is 12.2 Å². The molecule has 13 heavy (non-hydrogen) atoms. The van der Waals surface area contributed by atoms with Gasteiger partial charge in [0.05, 0.1) is 0 Å². The molecule has 1 N–H and O–H groups in total. The van der Waals surface area contributed by atoms with Gasteiger partial charge in [0, 0.05) is 12.1 Å². The first-order chi connectivity index (χ1) is 6.15. The number of nitrogens with one attached hydrogen (secondary N) is 1. The maximum Gasteiger partial charge on any atom is 0.224 e. The molecular weight excluding hydrogens is 162 g/mol. The first-order valence-electron chi connectivity index (χ1n) is 4.36. The van der Waals surface area contributed by atoms with E-state index in [0.29, 0.717) is 6.42 Å². The van der Waals surface area contributed by atoms with Crippen LogP contribution in [0, 0.1) is 13.8 Å². The minimum Gasteiger partial charge on any atom is -0.326 e. The minimum atomic E-state index is 0.0236. The van der Waals surface area contributed by atoms with Crippen molar-refractivity contribution in [2.45, 2.75) is 20.3 Å². The Morgan fingerprint density at radius 3 is 2.85 bits per heavy atom. The van der Waals surface area contributed by atoms with Crippen molar-refractivity contribution in [3.63, 3.8) is 0 Å². The highest BCUT2D eigenvalue weighted by Crippen LogP contribution is 2.17. The Morgan fingerprint density at radius 1 is 1.54 bits per heavy atom. The quantitative estimate of drug-likeness (QED) is 0.737. The molecule has 0 heterocycles. The average molecular weight is 176 g/mol. The zero-order valence-electron chi connectivity index (χ0n) is 8.05. The number of carbonyl (C=O) groups is 1. The van der Waals surface area contributed by atoms with Crippen molar-refractivity contribution >= 4 is 11.6 Å². The molecule has 0 aliphatic rings. The fourth-order valence-electron chi connectivity index (χ4n) is 1.06. The SMILES string of the molecule is [CH2]c1c(C)cccc1NC(=O)CC. The first-order valence-corrected chi connectivity index (χ1v) is 4.36. The predicted molar refractivity (Wildman–Crippen MR) is 54.6 cm³/mol. The van der Waals surface area contributed by atoms with Gasteiger partial charge in [-0.25, -0.2) is 0 Å². The van der Waals surface area contributed by atoms with E-state index >= 15 is 0 Å². The second kappa shape index (κ2) is 4.08. The molecule has 0 saturated heterocycles. The molecule has 0 aromatic heterocycles. The number of carbonyl (C=O) groups excluding carboxylic acids is 1. The van der Waals surface area contributed by atoms with Gasteiger partial charge in [-0.15, -0.1) is 0 Å². The largest absolute Gasteiger partial charge is 0.326 e. The normalized spacial score (nSPS) is 9.77. The van der Waals surface area contributed by atoms with E-state index in [1.807, 2.05) is 32.0 Å². The monoisotopic (exact) mass is 176 g/mol. The van der Waals surface area contributed by atoms with Crippen LogP contribution in [0.4, 0.5) is 5.69 Å². The van der Waals surface area contributed by atoms with Crippen LogP contribution in [0.1, 0.15) is 24.5 Å². The molecule has 0 saturated carbocycles. The van der Waals surface area contributed by atoms with E-state index in [1.54, 1.807) is 0 Å². The number of amides is 1. The lowest BCUT2D eigenvalue weighted by Crippen LogP contribution is -2.10. The summed E-state index contributed by atoms with van der Waals surface area (Å²) in [6, 6.07) is 5.75. The Balaban J connectivity index is 2.89. The molecule has 1 aromatic rings. The van der Waals surface area contributed by atoms with Crippen LogP contribution in [0.2, 0.25) is 0 Å². The Kier molecular flexibility index (Phi) is 3.07. The van der Waals surface area contributed by atoms with E-state index in [0.717, 1.165) is 16.8 Å². The van der Waals surface area contributed by atoms with Crippen molar-refractivity contribution in [3.8, 4) is 0 Å². The fourth-order valence-corrected chi connectivity index (χ4v) is 1.06. The lowest BCUT2D eigenvalue weighted by atomic mass is 10.1. The molecule has 0 aliphatic carbocycles. The van der Waals surface area contributed by atoms with Crippen LogP contribution in [0.3, 0.4) is 0 Å². The van der Waals surface area contributed by atoms with Crippen molar-refractivity contribution in [1.29, 1.82) is 0 Å². The zero-order chi connectivity index (χ0) is 9.84. The van der Waals surface area contributed by atoms with Crippen LogP contribution >= 0.6 is 0 Å². The van der Waals surface area contributed by atoms with Crippen molar-refractivity contribution in [1.82, 2.24) is 0 Å². The van der Waals surface area contributed by atoms with Gasteiger partial charge in [0.25, 0.3) is 0 Å². The highest BCUT2D eigenvalue weighted by molar-refractivity contribution is 5.91. The van der Waals surface area contributed by atoms with Gasteiger partial charge in [0.15, 0.2) is 0 Å². The third-order valence-electron chi connectivity index (χ3n) is 2.01. The summed E-state index contributed by atoms with van der Waals surface area (Å²) in [5, 5.41) is 2.80. The number of hydrogen-bond donors (Lipinski definition) is 1. The fraction of sp³-hybridized carbons (Fsp3) is 0.273. The first kappa shape index (κ1) is 9.78. The lowest BCUT2D eigenvalue weighted by Gasteiger charge is -2.08. The van der Waals surface area contributed by atoms with Crippen molar-refractivity contribution in [2.24, 2.45) is 0 Å². The van der Waals surface area contributed by atoms with Crippen molar-refractivity contribution in [2.75, 3.05) is 5.32 Å². The van der Waals surface area contributed by atoms with Crippen LogP contribution in [0.25, 0.3) is 0 Å². The van der Waals surface area contributed by atoms with Gasteiger partial charge in [-0.3, -0.25) is 4.79 Å². The summed E-state index contributed by atoms with van der Waals surface area (Å²) in [6.07, 6.45) is 0.493. The van der Waals surface area contributed by atoms with E-state index in [1.165, 1.54) is 0 Å². The molecule has 0 unspecified atom stereocenters. The third kappa shape index (κ3) is 2.31. The van der Waals surface area contributed by atoms with E-state index in [-0.39, 0.29) is 5.91 Å².